The first-order valence-electron chi connectivity index (χ1n) is 15.1. The minimum Gasteiger partial charge on any atom is -0.497 e. The van der Waals surface area contributed by atoms with Crippen molar-refractivity contribution in [3.63, 3.8) is 0 Å². The van der Waals surface area contributed by atoms with E-state index < -0.39 is 6.03 Å². The largest absolute Gasteiger partial charge is 0.497 e. The summed E-state index contributed by atoms with van der Waals surface area (Å²) in [5.74, 6) is 0.799. The molecule has 230 valence electrons. The van der Waals surface area contributed by atoms with E-state index in [1.54, 1.807) is 7.11 Å². The number of pyridine rings is 1. The SMILES string of the molecule is COc1ccc(N(Cc2cnccc2C)C2CCN([C@H](C)CCNC(=O)c3c(C)cc(CNC(N)=O)cc3C)CC2)cc1. The Morgan fingerprint density at radius 1 is 1.05 bits per heavy atom. The third-order valence-corrected chi connectivity index (χ3v) is 8.59. The zero-order valence-electron chi connectivity index (χ0n) is 26.2. The summed E-state index contributed by atoms with van der Waals surface area (Å²) in [7, 11) is 1.70. The van der Waals surface area contributed by atoms with Gasteiger partial charge in [-0.2, -0.15) is 0 Å². The number of nitrogens with zero attached hydrogens (tertiary/aromatic N) is 3. The number of nitrogens with one attached hydrogen (secondary N) is 2. The molecule has 2 heterocycles. The number of carbonyl (C=O) groups is 2. The predicted molar refractivity (Wildman–Crippen MR) is 171 cm³/mol. The fourth-order valence-electron chi connectivity index (χ4n) is 6.06. The summed E-state index contributed by atoms with van der Waals surface area (Å²) in [6, 6.07) is 14.5. The number of benzene rings is 2. The number of anilines is 1. The lowest BCUT2D eigenvalue weighted by Crippen LogP contribution is -2.48. The third-order valence-electron chi connectivity index (χ3n) is 8.59. The second kappa shape index (κ2) is 14.9. The average molecular weight is 587 g/mol. The Bertz CT molecular complexity index is 1360. The molecule has 0 saturated carbocycles. The van der Waals surface area contributed by atoms with Gasteiger partial charge < -0.3 is 30.9 Å². The number of urea groups is 1. The number of likely N-dealkylation sites (tertiary alicyclic amines) is 1. The number of methoxy groups -OCH3 is 1. The van der Waals surface area contributed by atoms with E-state index in [1.165, 1.54) is 16.8 Å². The molecule has 3 amide bonds. The van der Waals surface area contributed by atoms with Crippen molar-refractivity contribution >= 4 is 17.6 Å². The van der Waals surface area contributed by atoms with Crippen LogP contribution in [0.4, 0.5) is 10.5 Å². The molecule has 9 heteroatoms. The van der Waals surface area contributed by atoms with Crippen molar-refractivity contribution in [2.24, 2.45) is 5.73 Å². The average Bonchev–Trinajstić information content (AvgIpc) is 2.99. The summed E-state index contributed by atoms with van der Waals surface area (Å²) < 4.78 is 5.40. The van der Waals surface area contributed by atoms with Crippen molar-refractivity contribution in [3.05, 3.63) is 88.2 Å². The standard InChI is InChI=1S/C34H46N6O3/c1-23-10-14-36-21-28(23)22-40(29-6-8-31(43-5)9-7-29)30-12-16-39(17-13-30)26(4)11-15-37-33(41)32-24(2)18-27(19-25(32)3)20-38-34(35)42/h6-10,14,18-19,21,26,30H,11-13,15-17,20,22H2,1-5H3,(H,37,41)(H3,35,38,42)/t26-/m1/s1. The minimum absolute atomic E-state index is 0.0591. The Morgan fingerprint density at radius 2 is 1.72 bits per heavy atom. The quantitative estimate of drug-likeness (QED) is 0.279. The number of amides is 3. The van der Waals surface area contributed by atoms with Crippen LogP contribution in [-0.2, 0) is 13.1 Å². The molecular weight excluding hydrogens is 540 g/mol. The van der Waals surface area contributed by atoms with Crippen LogP contribution in [0.25, 0.3) is 0 Å². The highest BCUT2D eigenvalue weighted by Gasteiger charge is 2.28. The van der Waals surface area contributed by atoms with Gasteiger partial charge in [-0.05, 0) is 105 Å². The number of rotatable bonds is 12. The Labute approximate surface area is 255 Å². The van der Waals surface area contributed by atoms with Gasteiger partial charge in [-0.25, -0.2) is 4.79 Å². The zero-order chi connectivity index (χ0) is 30.9. The molecule has 0 spiro atoms. The molecular formula is C34H46N6O3. The summed E-state index contributed by atoms with van der Waals surface area (Å²) in [6.07, 6.45) is 6.85. The van der Waals surface area contributed by atoms with Crippen LogP contribution in [0.15, 0.2) is 54.9 Å². The van der Waals surface area contributed by atoms with Crippen LogP contribution in [0.3, 0.4) is 0 Å². The molecule has 1 saturated heterocycles. The van der Waals surface area contributed by atoms with E-state index in [2.05, 4.69) is 57.5 Å². The van der Waals surface area contributed by atoms with Crippen LogP contribution < -0.4 is 26.0 Å². The van der Waals surface area contributed by atoms with Gasteiger partial charge in [0.2, 0.25) is 0 Å². The molecule has 1 fully saturated rings. The number of piperidine rings is 1. The van der Waals surface area contributed by atoms with Crippen LogP contribution in [0, 0.1) is 20.8 Å². The highest BCUT2D eigenvalue weighted by Crippen LogP contribution is 2.29. The molecule has 0 bridgehead atoms. The fourth-order valence-corrected chi connectivity index (χ4v) is 6.06. The highest BCUT2D eigenvalue weighted by atomic mass is 16.5. The third kappa shape index (κ3) is 8.47. The molecule has 0 aliphatic carbocycles. The highest BCUT2D eigenvalue weighted by molar-refractivity contribution is 5.97. The van der Waals surface area contributed by atoms with E-state index in [0.29, 0.717) is 30.7 Å². The van der Waals surface area contributed by atoms with Gasteiger partial charge in [-0.1, -0.05) is 12.1 Å². The number of hydrogen-bond donors (Lipinski definition) is 3. The van der Waals surface area contributed by atoms with Crippen molar-refractivity contribution in [1.82, 2.24) is 20.5 Å². The van der Waals surface area contributed by atoms with Crippen LogP contribution in [0.1, 0.15) is 64.4 Å². The van der Waals surface area contributed by atoms with E-state index in [9.17, 15) is 9.59 Å². The van der Waals surface area contributed by atoms with E-state index in [1.807, 2.05) is 50.5 Å². The van der Waals surface area contributed by atoms with Gasteiger partial charge in [0.1, 0.15) is 5.75 Å². The first-order valence-corrected chi connectivity index (χ1v) is 15.1. The van der Waals surface area contributed by atoms with E-state index in [4.69, 9.17) is 10.5 Å². The number of ether oxygens (including phenoxy) is 1. The molecule has 3 aromatic rings. The number of hydrogen-bond acceptors (Lipinski definition) is 6. The molecule has 2 aromatic carbocycles. The van der Waals surface area contributed by atoms with Gasteiger partial charge in [0.05, 0.1) is 7.11 Å². The molecule has 1 aliphatic rings. The van der Waals surface area contributed by atoms with Crippen molar-refractivity contribution in [2.45, 2.75) is 72.1 Å². The van der Waals surface area contributed by atoms with E-state index in [-0.39, 0.29) is 5.91 Å². The lowest BCUT2D eigenvalue weighted by Gasteiger charge is -2.42. The summed E-state index contributed by atoms with van der Waals surface area (Å²) in [5.41, 5.74) is 12.3. The maximum absolute atomic E-state index is 13.1. The van der Waals surface area contributed by atoms with Gasteiger partial charge in [-0.3, -0.25) is 9.78 Å². The molecule has 1 aliphatic heterocycles. The fraction of sp³-hybridized carbons (Fsp3) is 0.441. The number of nitrogens with two attached hydrogens (primary N) is 1. The second-order valence-electron chi connectivity index (χ2n) is 11.6. The first kappa shape index (κ1) is 31.8. The van der Waals surface area contributed by atoms with Gasteiger partial charge in [0.25, 0.3) is 5.91 Å². The van der Waals surface area contributed by atoms with Crippen molar-refractivity contribution in [2.75, 3.05) is 31.6 Å². The molecule has 1 atom stereocenters. The molecule has 1 aromatic heterocycles. The Kier molecular flexibility index (Phi) is 11.0. The first-order chi connectivity index (χ1) is 20.7. The summed E-state index contributed by atoms with van der Waals surface area (Å²) in [6.45, 7) is 12.0. The van der Waals surface area contributed by atoms with Crippen molar-refractivity contribution in [1.29, 1.82) is 0 Å². The molecule has 9 nitrogen and oxygen atoms in total. The monoisotopic (exact) mass is 586 g/mol. The Hall–Kier alpha value is -4.11. The maximum Gasteiger partial charge on any atom is 0.312 e. The normalized spacial score (nSPS) is 14.6. The summed E-state index contributed by atoms with van der Waals surface area (Å²) in [5, 5.41) is 5.73. The molecule has 0 radical (unpaired) electrons. The molecule has 43 heavy (non-hydrogen) atoms. The minimum atomic E-state index is -0.565. The maximum atomic E-state index is 13.1. The van der Waals surface area contributed by atoms with Crippen molar-refractivity contribution in [3.8, 4) is 5.75 Å². The molecule has 0 unspecified atom stereocenters. The van der Waals surface area contributed by atoms with E-state index in [0.717, 1.165) is 61.3 Å². The van der Waals surface area contributed by atoms with Crippen LogP contribution >= 0.6 is 0 Å². The lowest BCUT2D eigenvalue weighted by atomic mass is 9.98. The number of aryl methyl sites for hydroxylation is 3. The summed E-state index contributed by atoms with van der Waals surface area (Å²) in [4.78, 5) is 33.5. The number of aromatic nitrogens is 1. The van der Waals surface area contributed by atoms with Gasteiger partial charge >= 0.3 is 6.03 Å². The summed E-state index contributed by atoms with van der Waals surface area (Å²) >= 11 is 0. The smallest absolute Gasteiger partial charge is 0.312 e. The van der Waals surface area contributed by atoms with Crippen LogP contribution in [0.5, 0.6) is 5.75 Å². The van der Waals surface area contributed by atoms with E-state index >= 15 is 0 Å². The number of primary amides is 1. The lowest BCUT2D eigenvalue weighted by molar-refractivity contribution is 0.0944. The topological polar surface area (TPSA) is 113 Å². The molecule has 4 N–H and O–H groups in total. The zero-order valence-corrected chi connectivity index (χ0v) is 26.2. The predicted octanol–water partition coefficient (Wildman–Crippen LogP) is 4.86. The second-order valence-corrected chi connectivity index (χ2v) is 11.6. The van der Waals surface area contributed by atoms with Crippen molar-refractivity contribution < 1.29 is 14.3 Å². The van der Waals surface area contributed by atoms with Crippen LogP contribution in [0.2, 0.25) is 0 Å². The number of carbonyl (C=O) groups excluding carboxylic acids is 2. The Morgan fingerprint density at radius 3 is 2.33 bits per heavy atom. The Balaban J connectivity index is 1.31. The van der Waals surface area contributed by atoms with Gasteiger partial charge in [0, 0.05) is 68.5 Å². The van der Waals surface area contributed by atoms with Crippen LogP contribution in [-0.4, -0.2) is 60.6 Å². The molecule has 4 rings (SSSR count). The van der Waals surface area contributed by atoms with Gasteiger partial charge in [-0.15, -0.1) is 0 Å². The van der Waals surface area contributed by atoms with Gasteiger partial charge in [0.15, 0.2) is 0 Å².